The SMILES string of the molecule is CCCCCC1(CCCCC)C=CN=C(N)C1. The second-order valence-electron chi connectivity index (χ2n) is 5.39. The molecular formula is C15H28N2. The van der Waals surface area contributed by atoms with Crippen molar-refractivity contribution in [2.24, 2.45) is 16.1 Å². The third-order valence-corrected chi connectivity index (χ3v) is 3.76. The van der Waals surface area contributed by atoms with Crippen LogP contribution in [-0.2, 0) is 0 Å². The summed E-state index contributed by atoms with van der Waals surface area (Å²) in [6.07, 6.45) is 15.6. The number of nitrogens with two attached hydrogens (primary N) is 1. The van der Waals surface area contributed by atoms with Crippen LogP contribution in [0, 0.1) is 5.41 Å². The molecule has 1 heterocycles. The molecule has 0 fully saturated rings. The van der Waals surface area contributed by atoms with Crippen LogP contribution in [0.25, 0.3) is 0 Å². The van der Waals surface area contributed by atoms with E-state index in [0.717, 1.165) is 12.3 Å². The highest BCUT2D eigenvalue weighted by atomic mass is 14.8. The Morgan fingerprint density at radius 3 is 2.18 bits per heavy atom. The van der Waals surface area contributed by atoms with Gasteiger partial charge in [0.15, 0.2) is 0 Å². The van der Waals surface area contributed by atoms with Crippen LogP contribution in [0.4, 0.5) is 0 Å². The van der Waals surface area contributed by atoms with E-state index < -0.39 is 0 Å². The van der Waals surface area contributed by atoms with E-state index in [1.54, 1.807) is 0 Å². The van der Waals surface area contributed by atoms with E-state index in [9.17, 15) is 0 Å². The molecule has 0 saturated carbocycles. The van der Waals surface area contributed by atoms with Gasteiger partial charge in [-0.1, -0.05) is 58.4 Å². The molecule has 0 aliphatic carbocycles. The molecule has 17 heavy (non-hydrogen) atoms. The van der Waals surface area contributed by atoms with Crippen LogP contribution >= 0.6 is 0 Å². The Morgan fingerprint density at radius 2 is 1.71 bits per heavy atom. The van der Waals surface area contributed by atoms with Gasteiger partial charge in [-0.3, -0.25) is 0 Å². The molecule has 1 aliphatic rings. The van der Waals surface area contributed by atoms with Gasteiger partial charge in [0.1, 0.15) is 0 Å². The molecule has 1 aliphatic heterocycles. The first-order valence-electron chi connectivity index (χ1n) is 7.22. The standard InChI is InChI=1S/C15H28N2/c1-3-5-7-9-15(10-8-6-4-2)11-12-17-14(16)13-15/h11-12H,3-10,13H2,1-2H3,(H2,16,17). The fourth-order valence-corrected chi connectivity index (χ4v) is 2.68. The Kier molecular flexibility index (Phi) is 6.31. The van der Waals surface area contributed by atoms with E-state index in [1.807, 2.05) is 6.20 Å². The largest absolute Gasteiger partial charge is 0.387 e. The zero-order chi connectivity index (χ0) is 12.6. The molecule has 2 nitrogen and oxygen atoms in total. The number of hydrogen-bond donors (Lipinski definition) is 1. The number of hydrogen-bond acceptors (Lipinski definition) is 2. The van der Waals surface area contributed by atoms with Gasteiger partial charge >= 0.3 is 0 Å². The fourth-order valence-electron chi connectivity index (χ4n) is 2.68. The Bertz CT molecular complexity index is 256. The maximum atomic E-state index is 5.92. The van der Waals surface area contributed by atoms with Gasteiger partial charge in [0, 0.05) is 12.6 Å². The van der Waals surface area contributed by atoms with Crippen molar-refractivity contribution >= 4 is 5.84 Å². The molecule has 2 heteroatoms. The van der Waals surface area contributed by atoms with Gasteiger partial charge in [-0.25, -0.2) is 4.99 Å². The molecule has 1 rings (SSSR count). The zero-order valence-corrected chi connectivity index (χ0v) is 11.5. The first-order chi connectivity index (χ1) is 8.22. The first-order valence-corrected chi connectivity index (χ1v) is 7.22. The third-order valence-electron chi connectivity index (χ3n) is 3.76. The van der Waals surface area contributed by atoms with Gasteiger partial charge in [-0.15, -0.1) is 0 Å². The van der Waals surface area contributed by atoms with Crippen molar-refractivity contribution in [3.8, 4) is 0 Å². The van der Waals surface area contributed by atoms with Crippen molar-refractivity contribution in [2.75, 3.05) is 0 Å². The summed E-state index contributed by atoms with van der Waals surface area (Å²) in [6.45, 7) is 4.52. The number of nitrogens with zero attached hydrogens (tertiary/aromatic N) is 1. The highest BCUT2D eigenvalue weighted by Crippen LogP contribution is 2.38. The van der Waals surface area contributed by atoms with Crippen molar-refractivity contribution < 1.29 is 0 Å². The zero-order valence-electron chi connectivity index (χ0n) is 11.5. The van der Waals surface area contributed by atoms with Crippen molar-refractivity contribution in [3.05, 3.63) is 12.3 Å². The van der Waals surface area contributed by atoms with Crippen molar-refractivity contribution in [2.45, 2.75) is 71.6 Å². The second-order valence-corrected chi connectivity index (χ2v) is 5.39. The highest BCUT2D eigenvalue weighted by Gasteiger charge is 2.29. The van der Waals surface area contributed by atoms with Crippen LogP contribution in [0.3, 0.4) is 0 Å². The summed E-state index contributed by atoms with van der Waals surface area (Å²) in [5.41, 5.74) is 6.23. The monoisotopic (exact) mass is 236 g/mol. The summed E-state index contributed by atoms with van der Waals surface area (Å²) in [6, 6.07) is 0. The Labute approximate surface area is 106 Å². The average Bonchev–Trinajstić information content (AvgIpc) is 2.30. The summed E-state index contributed by atoms with van der Waals surface area (Å²) >= 11 is 0. The lowest BCUT2D eigenvalue weighted by atomic mass is 9.74. The van der Waals surface area contributed by atoms with Gasteiger partial charge in [0.25, 0.3) is 0 Å². The van der Waals surface area contributed by atoms with Crippen molar-refractivity contribution in [3.63, 3.8) is 0 Å². The molecule has 98 valence electrons. The van der Waals surface area contributed by atoms with Crippen LogP contribution in [0.15, 0.2) is 17.3 Å². The minimum absolute atomic E-state index is 0.316. The van der Waals surface area contributed by atoms with Crippen LogP contribution in [0.1, 0.15) is 71.6 Å². The number of unbranched alkanes of at least 4 members (excludes halogenated alkanes) is 4. The maximum absolute atomic E-state index is 5.92. The van der Waals surface area contributed by atoms with Gasteiger partial charge < -0.3 is 5.73 Å². The Balaban J connectivity index is 2.51. The van der Waals surface area contributed by atoms with E-state index >= 15 is 0 Å². The van der Waals surface area contributed by atoms with E-state index in [-0.39, 0.29) is 0 Å². The van der Waals surface area contributed by atoms with Crippen LogP contribution < -0.4 is 5.73 Å². The molecular weight excluding hydrogens is 208 g/mol. The molecule has 0 aromatic rings. The highest BCUT2D eigenvalue weighted by molar-refractivity contribution is 5.82. The van der Waals surface area contributed by atoms with Gasteiger partial charge in [0.05, 0.1) is 5.84 Å². The van der Waals surface area contributed by atoms with Crippen molar-refractivity contribution in [1.82, 2.24) is 0 Å². The minimum atomic E-state index is 0.316. The maximum Gasteiger partial charge on any atom is 0.0997 e. The third kappa shape index (κ3) is 4.93. The first kappa shape index (κ1) is 14.3. The van der Waals surface area contributed by atoms with E-state index in [1.165, 1.54) is 51.4 Å². The van der Waals surface area contributed by atoms with Crippen LogP contribution in [0.2, 0.25) is 0 Å². The summed E-state index contributed by atoms with van der Waals surface area (Å²) in [7, 11) is 0. The number of allylic oxidation sites excluding steroid dienone is 1. The number of amidine groups is 1. The lowest BCUT2D eigenvalue weighted by molar-refractivity contribution is 0.306. The predicted molar refractivity (Wildman–Crippen MR) is 76.1 cm³/mol. The quantitative estimate of drug-likeness (QED) is 0.623. The summed E-state index contributed by atoms with van der Waals surface area (Å²) in [5.74, 6) is 0.820. The van der Waals surface area contributed by atoms with Gasteiger partial charge in [0.2, 0.25) is 0 Å². The number of rotatable bonds is 8. The van der Waals surface area contributed by atoms with Crippen LogP contribution in [-0.4, -0.2) is 5.84 Å². The smallest absolute Gasteiger partial charge is 0.0997 e. The lowest BCUT2D eigenvalue weighted by Crippen LogP contribution is -2.29. The molecule has 0 bridgehead atoms. The second kappa shape index (κ2) is 7.52. The van der Waals surface area contributed by atoms with Crippen molar-refractivity contribution in [1.29, 1.82) is 0 Å². The van der Waals surface area contributed by atoms with E-state index in [2.05, 4.69) is 24.9 Å². The van der Waals surface area contributed by atoms with E-state index in [4.69, 9.17) is 5.73 Å². The summed E-state index contributed by atoms with van der Waals surface area (Å²) in [5, 5.41) is 0. The molecule has 0 atom stereocenters. The molecule has 0 aromatic heterocycles. The molecule has 0 radical (unpaired) electrons. The van der Waals surface area contributed by atoms with Gasteiger partial charge in [-0.2, -0.15) is 0 Å². The fraction of sp³-hybridized carbons (Fsp3) is 0.800. The molecule has 0 saturated heterocycles. The predicted octanol–water partition coefficient (Wildman–Crippen LogP) is 4.41. The van der Waals surface area contributed by atoms with Crippen LogP contribution in [0.5, 0.6) is 0 Å². The summed E-state index contributed by atoms with van der Waals surface area (Å²) in [4.78, 5) is 4.20. The molecule has 0 aromatic carbocycles. The molecule has 0 spiro atoms. The molecule has 0 amide bonds. The minimum Gasteiger partial charge on any atom is -0.387 e. The normalized spacial score (nSPS) is 18.1. The summed E-state index contributed by atoms with van der Waals surface area (Å²) < 4.78 is 0. The topological polar surface area (TPSA) is 38.4 Å². The molecule has 2 N–H and O–H groups in total. The Hall–Kier alpha value is -0.790. The lowest BCUT2D eigenvalue weighted by Gasteiger charge is -2.32. The van der Waals surface area contributed by atoms with Gasteiger partial charge in [-0.05, 0) is 18.3 Å². The average molecular weight is 236 g/mol. The number of aliphatic imine (C=N–C) groups is 1. The molecule has 0 unspecified atom stereocenters. The van der Waals surface area contributed by atoms with E-state index in [0.29, 0.717) is 5.41 Å². The Morgan fingerprint density at radius 1 is 1.12 bits per heavy atom.